The van der Waals surface area contributed by atoms with E-state index in [1.807, 2.05) is 5.43 Å². The van der Waals surface area contributed by atoms with Gasteiger partial charge in [-0.25, -0.2) is 4.98 Å². The second-order valence-electron chi connectivity index (χ2n) is 2.36. The molecule has 0 fully saturated rings. The van der Waals surface area contributed by atoms with Gasteiger partial charge < -0.3 is 4.42 Å². The van der Waals surface area contributed by atoms with Gasteiger partial charge in [0.05, 0.1) is 5.69 Å². The van der Waals surface area contributed by atoms with Crippen LogP contribution in [0.2, 0.25) is 0 Å². The van der Waals surface area contributed by atoms with E-state index >= 15 is 0 Å². The van der Waals surface area contributed by atoms with E-state index < -0.39 is 5.91 Å². The van der Waals surface area contributed by atoms with Crippen molar-refractivity contribution in [2.45, 2.75) is 13.8 Å². The number of nitrogens with one attached hydrogen (secondary N) is 2. The summed E-state index contributed by atoms with van der Waals surface area (Å²) in [6.07, 6.45) is 0.358. The number of carbonyl (C=O) groups is 2. The van der Waals surface area contributed by atoms with Crippen LogP contribution < -0.4 is 10.9 Å². The lowest BCUT2D eigenvalue weighted by Gasteiger charge is -1.98. The van der Waals surface area contributed by atoms with Gasteiger partial charge in [0.15, 0.2) is 5.89 Å². The first-order valence-electron chi connectivity index (χ1n) is 3.58. The topological polar surface area (TPSA) is 84.2 Å². The number of amides is 2. The summed E-state index contributed by atoms with van der Waals surface area (Å²) in [5.41, 5.74) is 4.62. The number of oxazole rings is 1. The van der Waals surface area contributed by atoms with Gasteiger partial charge in [0.2, 0.25) is 12.2 Å². The number of hydrogen-bond donors (Lipinski definition) is 2. The Hall–Kier alpha value is -1.85. The molecule has 0 spiro atoms. The number of rotatable bonds is 3. The summed E-state index contributed by atoms with van der Waals surface area (Å²) in [6.45, 7) is 3.28. The molecule has 1 heterocycles. The Morgan fingerprint density at radius 1 is 1.54 bits per heavy atom. The van der Waals surface area contributed by atoms with Crippen molar-refractivity contribution in [1.82, 2.24) is 15.8 Å². The largest absolute Gasteiger partial charge is 0.435 e. The van der Waals surface area contributed by atoms with Crippen molar-refractivity contribution < 1.29 is 14.0 Å². The first-order chi connectivity index (χ1) is 6.15. The Kier molecular flexibility index (Phi) is 2.63. The molecule has 70 valence electrons. The maximum Gasteiger partial charge on any atom is 0.307 e. The molecule has 2 amide bonds. The molecule has 0 atom stereocenters. The predicted molar refractivity (Wildman–Crippen MR) is 42.6 cm³/mol. The molecule has 0 unspecified atom stereocenters. The van der Waals surface area contributed by atoms with Crippen molar-refractivity contribution in [1.29, 1.82) is 0 Å². The normalized spacial score (nSPS) is 9.38. The molecule has 0 saturated heterocycles. The number of hydrogen-bond acceptors (Lipinski definition) is 4. The molecule has 0 aromatic carbocycles. The highest BCUT2D eigenvalue weighted by atomic mass is 16.4. The number of nitrogens with zero attached hydrogens (tertiary/aromatic N) is 1. The maximum atomic E-state index is 11.2. The maximum absolute atomic E-state index is 11.2. The SMILES string of the molecule is Cc1nc(C)c(C(=O)NNC=O)o1. The van der Waals surface area contributed by atoms with E-state index in [9.17, 15) is 9.59 Å². The van der Waals surface area contributed by atoms with Gasteiger partial charge in [-0.2, -0.15) is 0 Å². The molecule has 0 aliphatic carbocycles. The van der Waals surface area contributed by atoms with Gasteiger partial charge in [0, 0.05) is 6.92 Å². The first-order valence-corrected chi connectivity index (χ1v) is 3.58. The van der Waals surface area contributed by atoms with Crippen LogP contribution in [0.15, 0.2) is 4.42 Å². The van der Waals surface area contributed by atoms with Crippen molar-refractivity contribution in [3.05, 3.63) is 17.3 Å². The lowest BCUT2D eigenvalue weighted by molar-refractivity contribution is -0.110. The van der Waals surface area contributed by atoms with Crippen LogP contribution in [-0.4, -0.2) is 17.3 Å². The molecule has 0 radical (unpaired) electrons. The van der Waals surface area contributed by atoms with Gasteiger partial charge in [-0.15, -0.1) is 0 Å². The van der Waals surface area contributed by atoms with Crippen molar-refractivity contribution in [3.8, 4) is 0 Å². The summed E-state index contributed by atoms with van der Waals surface area (Å²) in [5, 5.41) is 0. The number of aryl methyl sites for hydroxylation is 2. The highest BCUT2D eigenvalue weighted by Gasteiger charge is 2.14. The fourth-order valence-corrected chi connectivity index (χ4v) is 0.894. The average molecular weight is 183 g/mol. The van der Waals surface area contributed by atoms with Crippen LogP contribution in [0, 0.1) is 13.8 Å². The number of carbonyl (C=O) groups excluding carboxylic acids is 2. The van der Waals surface area contributed by atoms with Crippen molar-refractivity contribution in [3.63, 3.8) is 0 Å². The second-order valence-corrected chi connectivity index (χ2v) is 2.36. The van der Waals surface area contributed by atoms with Crippen LogP contribution in [0.4, 0.5) is 0 Å². The summed E-state index contributed by atoms with van der Waals surface area (Å²) >= 11 is 0. The van der Waals surface area contributed by atoms with Crippen LogP contribution in [0.25, 0.3) is 0 Å². The fourth-order valence-electron chi connectivity index (χ4n) is 0.894. The number of hydrazine groups is 1. The third-order valence-corrected chi connectivity index (χ3v) is 1.35. The second kappa shape index (κ2) is 3.70. The van der Waals surface area contributed by atoms with Gasteiger partial charge >= 0.3 is 5.91 Å². The van der Waals surface area contributed by atoms with E-state index in [1.54, 1.807) is 13.8 Å². The zero-order valence-corrected chi connectivity index (χ0v) is 7.25. The molecule has 0 saturated carbocycles. The summed E-state index contributed by atoms with van der Waals surface area (Å²) in [4.78, 5) is 24.9. The summed E-state index contributed by atoms with van der Waals surface area (Å²) < 4.78 is 4.99. The lowest BCUT2D eigenvalue weighted by Crippen LogP contribution is -2.36. The van der Waals surface area contributed by atoms with Crippen LogP contribution in [0.5, 0.6) is 0 Å². The minimum absolute atomic E-state index is 0.104. The Labute approximate surface area is 74.3 Å². The monoisotopic (exact) mass is 183 g/mol. The zero-order chi connectivity index (χ0) is 9.84. The van der Waals surface area contributed by atoms with Gasteiger partial charge in [0.25, 0.3) is 0 Å². The Bertz CT molecular complexity index is 332. The molecule has 1 aromatic heterocycles. The molecular formula is C7H9N3O3. The van der Waals surface area contributed by atoms with Crippen LogP contribution in [-0.2, 0) is 4.79 Å². The third kappa shape index (κ3) is 2.05. The quantitative estimate of drug-likeness (QED) is 0.497. The summed E-state index contributed by atoms with van der Waals surface area (Å²) in [6, 6.07) is 0. The Balaban J connectivity index is 2.76. The van der Waals surface area contributed by atoms with E-state index in [-0.39, 0.29) is 5.76 Å². The highest BCUT2D eigenvalue weighted by Crippen LogP contribution is 2.07. The van der Waals surface area contributed by atoms with Crippen LogP contribution in [0.3, 0.4) is 0 Å². The van der Waals surface area contributed by atoms with Gasteiger partial charge in [-0.05, 0) is 6.92 Å². The van der Waals surface area contributed by atoms with Crippen molar-refractivity contribution in [2.24, 2.45) is 0 Å². The first kappa shape index (κ1) is 9.24. The Morgan fingerprint density at radius 3 is 2.69 bits per heavy atom. The number of aromatic nitrogens is 1. The van der Waals surface area contributed by atoms with Crippen molar-refractivity contribution in [2.75, 3.05) is 0 Å². The Morgan fingerprint density at radius 2 is 2.23 bits per heavy atom. The van der Waals surface area contributed by atoms with Crippen LogP contribution in [0.1, 0.15) is 22.1 Å². The zero-order valence-electron chi connectivity index (χ0n) is 7.25. The summed E-state index contributed by atoms with van der Waals surface area (Å²) in [5.74, 6) is -0.00852. The molecule has 13 heavy (non-hydrogen) atoms. The van der Waals surface area contributed by atoms with Gasteiger partial charge in [-0.1, -0.05) is 0 Å². The molecule has 1 aromatic rings. The lowest BCUT2D eigenvalue weighted by atomic mass is 10.3. The van der Waals surface area contributed by atoms with Gasteiger partial charge in [0.1, 0.15) is 0 Å². The van der Waals surface area contributed by atoms with Gasteiger partial charge in [-0.3, -0.25) is 20.4 Å². The molecule has 2 N–H and O–H groups in total. The fraction of sp³-hybridized carbons (Fsp3) is 0.286. The predicted octanol–water partition coefficient (Wildman–Crippen LogP) is -0.318. The average Bonchev–Trinajstić information content (AvgIpc) is 2.41. The molecule has 1 rings (SSSR count). The van der Waals surface area contributed by atoms with E-state index in [4.69, 9.17) is 4.42 Å². The standard InChI is InChI=1S/C7H9N3O3/c1-4-6(13-5(2)9-4)7(12)10-8-3-11/h3H,1-2H3,(H,8,11)(H,10,12). The summed E-state index contributed by atoms with van der Waals surface area (Å²) in [7, 11) is 0. The molecule has 6 heteroatoms. The molecule has 6 nitrogen and oxygen atoms in total. The minimum Gasteiger partial charge on any atom is -0.435 e. The van der Waals surface area contributed by atoms with E-state index in [0.717, 1.165) is 0 Å². The highest BCUT2D eigenvalue weighted by molar-refractivity contribution is 5.92. The van der Waals surface area contributed by atoms with E-state index in [2.05, 4.69) is 10.4 Å². The molecule has 0 aliphatic rings. The third-order valence-electron chi connectivity index (χ3n) is 1.35. The van der Waals surface area contributed by atoms with Crippen molar-refractivity contribution >= 4 is 12.3 Å². The molecule has 0 bridgehead atoms. The van der Waals surface area contributed by atoms with Crippen LogP contribution >= 0.6 is 0 Å². The molecular weight excluding hydrogens is 174 g/mol. The van der Waals surface area contributed by atoms with E-state index in [1.165, 1.54) is 0 Å². The minimum atomic E-state index is -0.523. The molecule has 0 aliphatic heterocycles. The smallest absolute Gasteiger partial charge is 0.307 e. The van der Waals surface area contributed by atoms with E-state index in [0.29, 0.717) is 18.0 Å².